The predicted molar refractivity (Wildman–Crippen MR) is 148 cm³/mol. The van der Waals surface area contributed by atoms with Crippen LogP contribution in [0.3, 0.4) is 0 Å². The van der Waals surface area contributed by atoms with E-state index in [0.29, 0.717) is 52.1 Å². The zero-order chi connectivity index (χ0) is 26.6. The Balaban J connectivity index is 1.53. The van der Waals surface area contributed by atoms with Crippen LogP contribution >= 0.6 is 15.9 Å². The number of halogens is 1. The van der Waals surface area contributed by atoms with Crippen molar-refractivity contribution in [3.63, 3.8) is 0 Å². The summed E-state index contributed by atoms with van der Waals surface area (Å²) in [5, 5.41) is 18.2. The van der Waals surface area contributed by atoms with Gasteiger partial charge in [-0.05, 0) is 82.5 Å². The van der Waals surface area contributed by atoms with Crippen LogP contribution in [0.15, 0.2) is 82.5 Å². The van der Waals surface area contributed by atoms with E-state index >= 15 is 0 Å². The van der Waals surface area contributed by atoms with E-state index in [-0.39, 0.29) is 5.91 Å². The van der Waals surface area contributed by atoms with Gasteiger partial charge in [-0.1, -0.05) is 53.1 Å². The van der Waals surface area contributed by atoms with Crippen LogP contribution < -0.4 is 20.1 Å². The lowest BCUT2D eigenvalue weighted by molar-refractivity contribution is -0.113. The molecule has 194 valence electrons. The van der Waals surface area contributed by atoms with E-state index in [4.69, 9.17) is 9.47 Å². The first kappa shape index (κ1) is 25.5. The number of amides is 1. The highest BCUT2D eigenvalue weighted by molar-refractivity contribution is 9.10. The largest absolute Gasteiger partial charge is 0.490 e. The van der Waals surface area contributed by atoms with Crippen molar-refractivity contribution in [1.29, 1.82) is 0 Å². The van der Waals surface area contributed by atoms with E-state index in [0.717, 1.165) is 16.7 Å². The fourth-order valence-corrected chi connectivity index (χ4v) is 5.01. The van der Waals surface area contributed by atoms with E-state index in [1.807, 2.05) is 81.4 Å². The minimum atomic E-state index is -0.605. The van der Waals surface area contributed by atoms with Gasteiger partial charge in [-0.25, -0.2) is 0 Å². The minimum absolute atomic E-state index is 0.263. The highest BCUT2D eigenvalue weighted by Crippen LogP contribution is 2.43. The zero-order valence-corrected chi connectivity index (χ0v) is 22.8. The van der Waals surface area contributed by atoms with Crippen molar-refractivity contribution < 1.29 is 14.3 Å². The molecule has 38 heavy (non-hydrogen) atoms. The van der Waals surface area contributed by atoms with Crippen LogP contribution in [0.25, 0.3) is 0 Å². The zero-order valence-electron chi connectivity index (χ0n) is 21.2. The number of allylic oxidation sites excluding steroid dienone is 1. The summed E-state index contributed by atoms with van der Waals surface area (Å²) in [5.74, 6) is 1.32. The van der Waals surface area contributed by atoms with Crippen molar-refractivity contribution in [2.75, 3.05) is 17.2 Å². The van der Waals surface area contributed by atoms with Crippen molar-refractivity contribution in [2.24, 2.45) is 0 Å². The molecule has 0 aliphatic carbocycles. The number of carbonyl (C=O) groups excluding carboxylic acids is 1. The Morgan fingerprint density at radius 2 is 1.89 bits per heavy atom. The number of ether oxygens (including phenoxy) is 2. The van der Waals surface area contributed by atoms with Crippen molar-refractivity contribution >= 4 is 33.5 Å². The van der Waals surface area contributed by atoms with Gasteiger partial charge in [0.15, 0.2) is 11.5 Å². The van der Waals surface area contributed by atoms with Crippen LogP contribution in [-0.4, -0.2) is 32.7 Å². The molecule has 4 aromatic rings. The summed E-state index contributed by atoms with van der Waals surface area (Å²) in [5.41, 5.74) is 4.80. The molecule has 1 aliphatic heterocycles. The van der Waals surface area contributed by atoms with Crippen molar-refractivity contribution in [3.05, 3.63) is 99.2 Å². The topological polar surface area (TPSA) is 103 Å². The number of nitrogens with zero attached hydrogens (tertiary/aromatic N) is 4. The van der Waals surface area contributed by atoms with E-state index in [2.05, 4.69) is 48.2 Å². The highest BCUT2D eigenvalue weighted by Gasteiger charge is 2.35. The first-order valence-electron chi connectivity index (χ1n) is 12.2. The van der Waals surface area contributed by atoms with E-state index in [9.17, 15) is 4.79 Å². The molecule has 1 unspecified atom stereocenters. The molecule has 1 aliphatic rings. The second-order valence-corrected chi connectivity index (χ2v) is 9.73. The highest BCUT2D eigenvalue weighted by atomic mass is 79.9. The van der Waals surface area contributed by atoms with Crippen LogP contribution in [0.4, 0.5) is 11.6 Å². The number of benzene rings is 3. The lowest BCUT2D eigenvalue weighted by atomic mass is 9.94. The Kier molecular flexibility index (Phi) is 7.41. The number of aromatic nitrogens is 4. The van der Waals surface area contributed by atoms with Crippen LogP contribution in [-0.2, 0) is 11.4 Å². The molecule has 0 saturated heterocycles. The minimum Gasteiger partial charge on any atom is -0.490 e. The summed E-state index contributed by atoms with van der Waals surface area (Å²) in [6.45, 7) is 6.62. The third-order valence-corrected chi connectivity index (χ3v) is 6.69. The van der Waals surface area contributed by atoms with Gasteiger partial charge in [0.05, 0.1) is 16.7 Å². The molecule has 5 rings (SSSR count). The Morgan fingerprint density at radius 1 is 1.08 bits per heavy atom. The summed E-state index contributed by atoms with van der Waals surface area (Å²) in [6, 6.07) is 20.7. The molecule has 0 spiro atoms. The second kappa shape index (κ2) is 11.1. The maximum atomic E-state index is 13.6. The Hall–Kier alpha value is -4.18. The third-order valence-electron chi connectivity index (χ3n) is 6.10. The number of anilines is 2. The van der Waals surface area contributed by atoms with Gasteiger partial charge in [0, 0.05) is 11.4 Å². The Bertz CT molecular complexity index is 1500. The fraction of sp³-hybridized carbons (Fsp3) is 0.214. The molecule has 0 bridgehead atoms. The molecule has 2 N–H and O–H groups in total. The summed E-state index contributed by atoms with van der Waals surface area (Å²) < 4.78 is 14.5. The molecule has 0 radical (unpaired) electrons. The summed E-state index contributed by atoms with van der Waals surface area (Å²) in [4.78, 5) is 13.6. The number of hydrogen-bond donors (Lipinski definition) is 2. The Morgan fingerprint density at radius 3 is 2.66 bits per heavy atom. The predicted octanol–water partition coefficient (Wildman–Crippen LogP) is 5.65. The second-order valence-electron chi connectivity index (χ2n) is 8.87. The molecule has 0 saturated carbocycles. The van der Waals surface area contributed by atoms with Crippen LogP contribution in [0, 0.1) is 6.92 Å². The molecular weight excluding hydrogens is 548 g/mol. The number of para-hydroxylation sites is 1. The summed E-state index contributed by atoms with van der Waals surface area (Å²) in [6.07, 6.45) is 0. The number of carbonyl (C=O) groups is 1. The molecule has 2 heterocycles. The van der Waals surface area contributed by atoms with Crippen LogP contribution in [0.5, 0.6) is 11.5 Å². The third kappa shape index (κ3) is 5.26. The van der Waals surface area contributed by atoms with Gasteiger partial charge >= 0.3 is 0 Å². The standard InChI is InChI=1S/C28H27BrN6O3/c1-4-37-23-15-20(14-22(29)26(23)38-16-19-10-8-9-17(2)13-19)25-24(18(3)30-28-32-33-34-35(25)28)27(36)31-21-11-6-5-7-12-21/h5-15,25H,4,16H2,1-3H3,(H,31,36)(H,30,32,34). The Labute approximate surface area is 229 Å². The molecule has 3 aromatic carbocycles. The van der Waals surface area contributed by atoms with Gasteiger partial charge in [0.1, 0.15) is 12.6 Å². The van der Waals surface area contributed by atoms with Gasteiger partial charge in [-0.15, -0.1) is 0 Å². The molecule has 9 nitrogen and oxygen atoms in total. The van der Waals surface area contributed by atoms with Gasteiger partial charge in [-0.3, -0.25) is 4.79 Å². The normalized spacial score (nSPS) is 14.5. The number of aryl methyl sites for hydroxylation is 1. The van der Waals surface area contributed by atoms with E-state index in [1.165, 1.54) is 0 Å². The van der Waals surface area contributed by atoms with Crippen LogP contribution in [0.2, 0.25) is 0 Å². The lowest BCUT2D eigenvalue weighted by Gasteiger charge is -2.28. The van der Waals surface area contributed by atoms with Gasteiger partial charge in [0.25, 0.3) is 5.91 Å². The van der Waals surface area contributed by atoms with E-state index < -0.39 is 6.04 Å². The average Bonchev–Trinajstić information content (AvgIpc) is 3.36. The molecule has 1 aromatic heterocycles. The molecule has 10 heteroatoms. The van der Waals surface area contributed by atoms with Gasteiger partial charge in [0.2, 0.25) is 5.95 Å². The van der Waals surface area contributed by atoms with Gasteiger partial charge in [-0.2, -0.15) is 4.68 Å². The number of rotatable bonds is 8. The van der Waals surface area contributed by atoms with E-state index in [1.54, 1.807) is 4.68 Å². The summed E-state index contributed by atoms with van der Waals surface area (Å²) >= 11 is 3.68. The van der Waals surface area contributed by atoms with Crippen LogP contribution in [0.1, 0.15) is 36.6 Å². The number of hydrogen-bond acceptors (Lipinski definition) is 7. The fourth-order valence-electron chi connectivity index (χ4n) is 4.44. The van der Waals surface area contributed by atoms with Gasteiger partial charge < -0.3 is 20.1 Å². The number of tetrazole rings is 1. The summed E-state index contributed by atoms with van der Waals surface area (Å²) in [7, 11) is 0. The molecule has 0 fully saturated rings. The number of fused-ring (bicyclic) bond motifs is 1. The molecule has 1 amide bonds. The quantitative estimate of drug-likeness (QED) is 0.280. The first-order chi connectivity index (χ1) is 18.4. The van der Waals surface area contributed by atoms with Crippen molar-refractivity contribution in [1.82, 2.24) is 20.2 Å². The maximum Gasteiger partial charge on any atom is 0.255 e. The SMILES string of the molecule is CCOc1cc(C2C(C(=O)Nc3ccccc3)=C(C)Nc3nnnn32)cc(Br)c1OCc1cccc(C)c1. The number of nitrogens with one attached hydrogen (secondary N) is 2. The lowest BCUT2D eigenvalue weighted by Crippen LogP contribution is -2.31. The molecule has 1 atom stereocenters. The molecular formula is C28H27BrN6O3. The van der Waals surface area contributed by atoms with Crippen molar-refractivity contribution in [3.8, 4) is 11.5 Å². The monoisotopic (exact) mass is 574 g/mol. The van der Waals surface area contributed by atoms with Crippen molar-refractivity contribution in [2.45, 2.75) is 33.4 Å². The smallest absolute Gasteiger partial charge is 0.255 e. The maximum absolute atomic E-state index is 13.6. The first-order valence-corrected chi connectivity index (χ1v) is 13.0. The average molecular weight is 575 g/mol.